The van der Waals surface area contributed by atoms with Gasteiger partial charge in [0.1, 0.15) is 5.82 Å². The topological polar surface area (TPSA) is 15.3 Å². The van der Waals surface area contributed by atoms with Crippen LogP contribution in [0.5, 0.6) is 0 Å². The molecule has 1 aliphatic heterocycles. The van der Waals surface area contributed by atoms with Gasteiger partial charge in [0.2, 0.25) is 0 Å². The second-order valence-electron chi connectivity index (χ2n) is 7.83. The molecular formula is C23H29FN2. The van der Waals surface area contributed by atoms with Crippen LogP contribution in [0.25, 0.3) is 0 Å². The number of benzene rings is 2. The second-order valence-corrected chi connectivity index (χ2v) is 7.83. The summed E-state index contributed by atoms with van der Waals surface area (Å²) in [5.74, 6) is 0.515. The number of hydrogen-bond acceptors (Lipinski definition) is 2. The van der Waals surface area contributed by atoms with Gasteiger partial charge >= 0.3 is 0 Å². The number of halogens is 1. The number of hydrogen-bond donors (Lipinski definition) is 1. The van der Waals surface area contributed by atoms with Gasteiger partial charge in [-0.05, 0) is 61.4 Å². The highest BCUT2D eigenvalue weighted by molar-refractivity contribution is 5.43. The van der Waals surface area contributed by atoms with Crippen LogP contribution in [-0.4, -0.2) is 30.1 Å². The van der Waals surface area contributed by atoms with Crippen LogP contribution >= 0.6 is 0 Å². The molecule has 2 atom stereocenters. The highest BCUT2D eigenvalue weighted by Gasteiger charge is 2.33. The maximum Gasteiger partial charge on any atom is 0.123 e. The van der Waals surface area contributed by atoms with Crippen LogP contribution in [0.2, 0.25) is 0 Å². The highest BCUT2D eigenvalue weighted by Crippen LogP contribution is 2.37. The van der Waals surface area contributed by atoms with Gasteiger partial charge < -0.3 is 5.32 Å². The van der Waals surface area contributed by atoms with E-state index < -0.39 is 0 Å². The molecule has 2 fully saturated rings. The molecule has 0 amide bonds. The minimum absolute atomic E-state index is 0.172. The molecule has 2 nitrogen and oxygen atoms in total. The maximum absolute atomic E-state index is 13.1. The van der Waals surface area contributed by atoms with E-state index in [0.717, 1.165) is 31.6 Å². The largest absolute Gasteiger partial charge is 0.382 e. The summed E-state index contributed by atoms with van der Waals surface area (Å²) in [6.45, 7) is 2.32. The zero-order chi connectivity index (χ0) is 17.8. The van der Waals surface area contributed by atoms with Crippen molar-refractivity contribution in [2.45, 2.75) is 56.5 Å². The van der Waals surface area contributed by atoms with Crippen molar-refractivity contribution in [2.24, 2.45) is 0 Å². The fourth-order valence-electron chi connectivity index (χ4n) is 4.79. The molecule has 138 valence electrons. The third kappa shape index (κ3) is 4.09. The van der Waals surface area contributed by atoms with Gasteiger partial charge in [0.05, 0.1) is 0 Å². The van der Waals surface area contributed by atoms with Crippen LogP contribution in [-0.2, 0) is 0 Å². The fourth-order valence-corrected chi connectivity index (χ4v) is 4.79. The lowest BCUT2D eigenvalue weighted by molar-refractivity contribution is 0.109. The number of nitrogens with zero attached hydrogens (tertiary/aromatic N) is 1. The Kier molecular flexibility index (Phi) is 5.54. The third-order valence-electron chi connectivity index (χ3n) is 6.17. The molecule has 1 saturated carbocycles. The summed E-state index contributed by atoms with van der Waals surface area (Å²) in [5, 5.41) is 3.58. The SMILES string of the molecule is Fc1ccc(NC2CCN(C3CCCCC3c3ccccc3)CC2)cc1. The van der Waals surface area contributed by atoms with Crippen molar-refractivity contribution in [3.8, 4) is 0 Å². The number of rotatable bonds is 4. The van der Waals surface area contributed by atoms with Crippen LogP contribution in [0.1, 0.15) is 50.0 Å². The smallest absolute Gasteiger partial charge is 0.123 e. The number of nitrogens with one attached hydrogen (secondary N) is 1. The van der Waals surface area contributed by atoms with Crippen molar-refractivity contribution in [3.63, 3.8) is 0 Å². The van der Waals surface area contributed by atoms with Crippen LogP contribution in [0.3, 0.4) is 0 Å². The van der Waals surface area contributed by atoms with E-state index in [-0.39, 0.29) is 5.82 Å². The van der Waals surface area contributed by atoms with Crippen molar-refractivity contribution in [1.82, 2.24) is 4.90 Å². The summed E-state index contributed by atoms with van der Waals surface area (Å²) < 4.78 is 13.1. The van der Waals surface area contributed by atoms with Crippen molar-refractivity contribution >= 4 is 5.69 Å². The van der Waals surface area contributed by atoms with Crippen LogP contribution in [0.15, 0.2) is 54.6 Å². The molecule has 1 aliphatic carbocycles. The summed E-state index contributed by atoms with van der Waals surface area (Å²) >= 11 is 0. The summed E-state index contributed by atoms with van der Waals surface area (Å²) in [6.07, 6.45) is 7.70. The zero-order valence-corrected chi connectivity index (χ0v) is 15.4. The Bertz CT molecular complexity index is 677. The quantitative estimate of drug-likeness (QED) is 0.789. The van der Waals surface area contributed by atoms with Gasteiger partial charge in [-0.15, -0.1) is 0 Å². The Morgan fingerprint density at radius 3 is 2.23 bits per heavy atom. The van der Waals surface area contributed by atoms with E-state index in [9.17, 15) is 4.39 Å². The summed E-state index contributed by atoms with van der Waals surface area (Å²) in [7, 11) is 0. The second kappa shape index (κ2) is 8.22. The van der Waals surface area contributed by atoms with E-state index in [1.165, 1.54) is 43.4 Å². The third-order valence-corrected chi connectivity index (χ3v) is 6.17. The highest BCUT2D eigenvalue weighted by atomic mass is 19.1. The molecular weight excluding hydrogens is 323 g/mol. The molecule has 1 saturated heterocycles. The Balaban J connectivity index is 1.36. The molecule has 2 aliphatic rings. The van der Waals surface area contributed by atoms with Gasteiger partial charge in [-0.25, -0.2) is 4.39 Å². The van der Waals surface area contributed by atoms with Crippen LogP contribution in [0, 0.1) is 5.82 Å². The van der Waals surface area contributed by atoms with Crippen molar-refractivity contribution < 1.29 is 4.39 Å². The lowest BCUT2D eigenvalue weighted by atomic mass is 9.78. The van der Waals surface area contributed by atoms with Gasteiger partial charge in [0, 0.05) is 30.9 Å². The monoisotopic (exact) mass is 352 g/mol. The maximum atomic E-state index is 13.1. The molecule has 4 rings (SSSR count). The molecule has 1 N–H and O–H groups in total. The molecule has 0 aromatic heterocycles. The summed E-state index contributed by atoms with van der Waals surface area (Å²) in [6, 6.07) is 19.0. The molecule has 2 unspecified atom stereocenters. The zero-order valence-electron chi connectivity index (χ0n) is 15.4. The first kappa shape index (κ1) is 17.5. The Hall–Kier alpha value is -1.87. The average Bonchev–Trinajstić information content (AvgIpc) is 2.71. The first-order valence-electron chi connectivity index (χ1n) is 10.1. The molecule has 2 aromatic carbocycles. The fraction of sp³-hybridized carbons (Fsp3) is 0.478. The van der Waals surface area contributed by atoms with Gasteiger partial charge in [0.15, 0.2) is 0 Å². The summed E-state index contributed by atoms with van der Waals surface area (Å²) in [4.78, 5) is 2.74. The van der Waals surface area contributed by atoms with Crippen molar-refractivity contribution in [3.05, 3.63) is 66.0 Å². The molecule has 0 spiro atoms. The molecule has 2 aromatic rings. The van der Waals surface area contributed by atoms with Gasteiger partial charge in [0.25, 0.3) is 0 Å². The van der Waals surface area contributed by atoms with Gasteiger partial charge in [-0.2, -0.15) is 0 Å². The van der Waals surface area contributed by atoms with E-state index in [2.05, 4.69) is 40.5 Å². The van der Waals surface area contributed by atoms with E-state index in [0.29, 0.717) is 18.0 Å². The summed E-state index contributed by atoms with van der Waals surface area (Å²) in [5.41, 5.74) is 2.55. The first-order valence-corrected chi connectivity index (χ1v) is 10.1. The van der Waals surface area contributed by atoms with Crippen LogP contribution in [0.4, 0.5) is 10.1 Å². The minimum atomic E-state index is -0.172. The molecule has 1 heterocycles. The number of likely N-dealkylation sites (tertiary alicyclic amines) is 1. The lowest BCUT2D eigenvalue weighted by Gasteiger charge is -2.44. The lowest BCUT2D eigenvalue weighted by Crippen LogP contribution is -2.47. The van der Waals surface area contributed by atoms with Crippen molar-refractivity contribution in [1.29, 1.82) is 0 Å². The van der Waals surface area contributed by atoms with E-state index >= 15 is 0 Å². The van der Waals surface area contributed by atoms with E-state index in [4.69, 9.17) is 0 Å². The average molecular weight is 352 g/mol. The Morgan fingerprint density at radius 1 is 0.808 bits per heavy atom. The minimum Gasteiger partial charge on any atom is -0.382 e. The Labute approximate surface area is 156 Å². The van der Waals surface area contributed by atoms with Crippen LogP contribution < -0.4 is 5.32 Å². The number of anilines is 1. The molecule has 0 bridgehead atoms. The number of piperidine rings is 1. The first-order chi connectivity index (χ1) is 12.8. The molecule has 0 radical (unpaired) electrons. The van der Waals surface area contributed by atoms with E-state index in [1.807, 2.05) is 12.1 Å². The normalized spacial score (nSPS) is 25.1. The van der Waals surface area contributed by atoms with Gasteiger partial charge in [-0.3, -0.25) is 4.90 Å². The van der Waals surface area contributed by atoms with Crippen molar-refractivity contribution in [2.75, 3.05) is 18.4 Å². The van der Waals surface area contributed by atoms with E-state index in [1.54, 1.807) is 0 Å². The van der Waals surface area contributed by atoms with Gasteiger partial charge in [-0.1, -0.05) is 43.2 Å². The standard InChI is InChI=1S/C23H29FN2/c24-19-10-12-20(13-11-19)25-21-14-16-26(17-15-21)23-9-5-4-8-22(23)18-6-2-1-3-7-18/h1-3,6-7,10-13,21-23,25H,4-5,8-9,14-17H2. The Morgan fingerprint density at radius 2 is 1.50 bits per heavy atom. The molecule has 3 heteroatoms. The predicted molar refractivity (Wildman–Crippen MR) is 106 cm³/mol. The molecule has 26 heavy (non-hydrogen) atoms. The predicted octanol–water partition coefficient (Wildman–Crippen LogP) is 5.43.